The van der Waals surface area contributed by atoms with E-state index in [1.807, 2.05) is 4.90 Å². The number of rotatable bonds is 2. The van der Waals surface area contributed by atoms with Crippen LogP contribution in [0.4, 0.5) is 9.18 Å². The van der Waals surface area contributed by atoms with Gasteiger partial charge in [0.25, 0.3) is 0 Å². The van der Waals surface area contributed by atoms with Gasteiger partial charge in [-0.3, -0.25) is 9.88 Å². The number of nitrogens with zero attached hydrogens (tertiary/aromatic N) is 3. The molecule has 5 nitrogen and oxygen atoms in total. The fourth-order valence-corrected chi connectivity index (χ4v) is 5.32. The van der Waals surface area contributed by atoms with E-state index in [-0.39, 0.29) is 24.1 Å². The summed E-state index contributed by atoms with van der Waals surface area (Å²) in [5, 5.41) is 0. The number of aromatic nitrogens is 1. The Morgan fingerprint density at radius 2 is 1.74 bits per heavy atom. The van der Waals surface area contributed by atoms with Gasteiger partial charge in [-0.1, -0.05) is 30.7 Å². The van der Waals surface area contributed by atoms with Gasteiger partial charge in [-0.05, 0) is 61.3 Å². The highest BCUT2D eigenvalue weighted by Crippen LogP contribution is 2.36. The van der Waals surface area contributed by atoms with Gasteiger partial charge in [0, 0.05) is 26.2 Å². The van der Waals surface area contributed by atoms with Gasteiger partial charge in [0.15, 0.2) is 0 Å². The molecule has 31 heavy (non-hydrogen) atoms. The highest BCUT2D eigenvalue weighted by Gasteiger charge is 2.34. The third kappa shape index (κ3) is 4.31. The summed E-state index contributed by atoms with van der Waals surface area (Å²) in [4.78, 5) is 21.4. The van der Waals surface area contributed by atoms with Crippen molar-refractivity contribution in [2.75, 3.05) is 26.2 Å². The summed E-state index contributed by atoms with van der Waals surface area (Å²) < 4.78 is 19.7. The highest BCUT2D eigenvalue weighted by molar-refractivity contribution is 5.68. The minimum atomic E-state index is -0.279. The number of pyridine rings is 1. The number of aryl methyl sites for hydroxylation is 2. The smallest absolute Gasteiger partial charge is 0.410 e. The summed E-state index contributed by atoms with van der Waals surface area (Å²) in [5.41, 5.74) is 4.48. The minimum absolute atomic E-state index is 0.00850. The molecule has 0 N–H and O–H groups in total. The molecular weight excluding hydrogens is 393 g/mol. The van der Waals surface area contributed by atoms with Crippen molar-refractivity contribution in [2.45, 2.75) is 57.1 Å². The Bertz CT molecular complexity index is 936. The number of hydrogen-bond acceptors (Lipinski definition) is 4. The zero-order valence-electron chi connectivity index (χ0n) is 17.9. The number of hydrogen-bond donors (Lipinski definition) is 0. The first-order chi connectivity index (χ1) is 15.2. The number of piperazine rings is 1. The summed E-state index contributed by atoms with van der Waals surface area (Å²) in [6.07, 6.45) is 8.45. The summed E-state index contributed by atoms with van der Waals surface area (Å²) in [6, 6.07) is 10.1. The molecule has 5 rings (SSSR count). The van der Waals surface area contributed by atoms with Gasteiger partial charge in [-0.2, -0.15) is 0 Å². The fraction of sp³-hybridized carbons (Fsp3) is 0.520. The van der Waals surface area contributed by atoms with Crippen molar-refractivity contribution < 1.29 is 13.9 Å². The summed E-state index contributed by atoms with van der Waals surface area (Å²) in [5.74, 6) is -0.279. The van der Waals surface area contributed by atoms with Gasteiger partial charge in [0.2, 0.25) is 0 Å². The summed E-state index contributed by atoms with van der Waals surface area (Å²) in [6.45, 7) is 2.77. The van der Waals surface area contributed by atoms with E-state index in [1.54, 1.807) is 6.07 Å². The van der Waals surface area contributed by atoms with Crippen LogP contribution in [0.25, 0.3) is 0 Å². The maximum absolute atomic E-state index is 13.9. The van der Waals surface area contributed by atoms with Crippen LogP contribution in [0.2, 0.25) is 0 Å². The Kier molecular flexibility index (Phi) is 5.90. The Morgan fingerprint density at radius 1 is 1.00 bits per heavy atom. The van der Waals surface area contributed by atoms with Crippen LogP contribution in [0, 0.1) is 5.82 Å². The van der Waals surface area contributed by atoms with Crippen molar-refractivity contribution in [3.8, 4) is 0 Å². The molecule has 1 saturated heterocycles. The molecule has 6 heteroatoms. The topological polar surface area (TPSA) is 45.7 Å². The lowest BCUT2D eigenvalue weighted by Gasteiger charge is -2.39. The Balaban J connectivity index is 1.33. The number of carbonyl (C=O) groups is 1. The molecule has 2 aliphatic carbocycles. The molecule has 2 aromatic rings. The van der Waals surface area contributed by atoms with Crippen LogP contribution in [0.15, 0.2) is 36.5 Å². The SMILES string of the molecule is O=C(OC1CCCCC1)N1CCN([C@H]2c3ccccc3CCc3cc(F)cnc32)CC1. The largest absolute Gasteiger partial charge is 0.446 e. The Hall–Kier alpha value is -2.47. The van der Waals surface area contributed by atoms with E-state index in [2.05, 4.69) is 34.1 Å². The van der Waals surface area contributed by atoms with Gasteiger partial charge in [-0.15, -0.1) is 0 Å². The first kappa shape index (κ1) is 20.4. The van der Waals surface area contributed by atoms with Crippen molar-refractivity contribution in [3.05, 3.63) is 64.7 Å². The van der Waals surface area contributed by atoms with Crippen molar-refractivity contribution in [3.63, 3.8) is 0 Å². The highest BCUT2D eigenvalue weighted by atomic mass is 19.1. The van der Waals surface area contributed by atoms with E-state index in [1.165, 1.54) is 23.7 Å². The lowest BCUT2D eigenvalue weighted by molar-refractivity contribution is 0.0292. The van der Waals surface area contributed by atoms with E-state index in [4.69, 9.17) is 4.74 Å². The van der Waals surface area contributed by atoms with Crippen LogP contribution < -0.4 is 0 Å². The second-order valence-electron chi connectivity index (χ2n) is 8.97. The summed E-state index contributed by atoms with van der Waals surface area (Å²) in [7, 11) is 0. The lowest BCUT2D eigenvalue weighted by atomic mass is 9.96. The number of carbonyl (C=O) groups excluding carboxylic acids is 1. The van der Waals surface area contributed by atoms with Crippen LogP contribution >= 0.6 is 0 Å². The molecule has 1 aromatic carbocycles. The van der Waals surface area contributed by atoms with Crippen molar-refractivity contribution in [1.29, 1.82) is 0 Å². The van der Waals surface area contributed by atoms with Gasteiger partial charge in [0.05, 0.1) is 17.9 Å². The standard InChI is InChI=1S/C25H30FN3O2/c26-20-16-19-11-10-18-6-4-5-9-22(18)24(23(19)27-17-20)28-12-14-29(15-13-28)25(30)31-21-7-2-1-3-8-21/h4-6,9,16-17,21,24H,1-3,7-8,10-15H2/t24-/m0/s1. The molecule has 0 spiro atoms. The van der Waals surface area contributed by atoms with E-state index >= 15 is 0 Å². The number of ether oxygens (including phenoxy) is 1. The van der Waals surface area contributed by atoms with Gasteiger partial charge >= 0.3 is 6.09 Å². The number of halogens is 1. The molecule has 0 radical (unpaired) electrons. The Morgan fingerprint density at radius 3 is 2.55 bits per heavy atom. The Labute approximate surface area is 183 Å². The monoisotopic (exact) mass is 423 g/mol. The molecule has 3 aliphatic rings. The molecule has 0 bridgehead atoms. The zero-order valence-corrected chi connectivity index (χ0v) is 17.9. The van der Waals surface area contributed by atoms with Crippen LogP contribution in [-0.2, 0) is 17.6 Å². The average molecular weight is 424 g/mol. The van der Waals surface area contributed by atoms with E-state index in [0.29, 0.717) is 13.1 Å². The molecular formula is C25H30FN3O2. The molecule has 1 atom stereocenters. The van der Waals surface area contributed by atoms with Crippen LogP contribution in [0.1, 0.15) is 60.5 Å². The first-order valence-electron chi connectivity index (χ1n) is 11.6. The van der Waals surface area contributed by atoms with Crippen LogP contribution in [-0.4, -0.2) is 53.2 Å². The maximum Gasteiger partial charge on any atom is 0.410 e. The van der Waals surface area contributed by atoms with Gasteiger partial charge in [-0.25, -0.2) is 9.18 Å². The van der Waals surface area contributed by atoms with Crippen molar-refractivity contribution in [2.24, 2.45) is 0 Å². The normalized spacial score (nSPS) is 22.4. The molecule has 0 unspecified atom stereocenters. The number of benzene rings is 1. The van der Waals surface area contributed by atoms with E-state index < -0.39 is 0 Å². The molecule has 164 valence electrons. The zero-order chi connectivity index (χ0) is 21.2. The summed E-state index contributed by atoms with van der Waals surface area (Å²) >= 11 is 0. The average Bonchev–Trinajstić information content (AvgIpc) is 2.96. The molecule has 2 fully saturated rings. The van der Waals surface area contributed by atoms with E-state index in [9.17, 15) is 9.18 Å². The van der Waals surface area contributed by atoms with Crippen LogP contribution in [0.3, 0.4) is 0 Å². The predicted octanol–water partition coefficient (Wildman–Crippen LogP) is 4.50. The van der Waals surface area contributed by atoms with E-state index in [0.717, 1.165) is 62.9 Å². The third-order valence-electron chi connectivity index (χ3n) is 7.00. The van der Waals surface area contributed by atoms with Gasteiger partial charge < -0.3 is 9.64 Å². The molecule has 1 aromatic heterocycles. The predicted molar refractivity (Wildman–Crippen MR) is 116 cm³/mol. The second-order valence-corrected chi connectivity index (χ2v) is 8.97. The van der Waals surface area contributed by atoms with Crippen LogP contribution in [0.5, 0.6) is 0 Å². The maximum atomic E-state index is 13.9. The molecule has 1 amide bonds. The number of fused-ring (bicyclic) bond motifs is 2. The van der Waals surface area contributed by atoms with Crippen molar-refractivity contribution in [1.82, 2.24) is 14.8 Å². The fourth-order valence-electron chi connectivity index (χ4n) is 5.32. The first-order valence-corrected chi connectivity index (χ1v) is 11.6. The second kappa shape index (κ2) is 8.95. The minimum Gasteiger partial charge on any atom is -0.446 e. The molecule has 1 saturated carbocycles. The van der Waals surface area contributed by atoms with Crippen molar-refractivity contribution >= 4 is 6.09 Å². The third-order valence-corrected chi connectivity index (χ3v) is 7.00. The molecule has 2 heterocycles. The van der Waals surface area contributed by atoms with Gasteiger partial charge in [0.1, 0.15) is 11.9 Å². The number of amides is 1. The molecule has 1 aliphatic heterocycles. The lowest BCUT2D eigenvalue weighted by Crippen LogP contribution is -2.50. The quantitative estimate of drug-likeness (QED) is 0.714.